The van der Waals surface area contributed by atoms with Crippen molar-refractivity contribution in [3.05, 3.63) is 0 Å². The maximum absolute atomic E-state index is 10.6. The van der Waals surface area contributed by atoms with E-state index in [0.717, 1.165) is 38.8 Å². The summed E-state index contributed by atoms with van der Waals surface area (Å²) in [4.78, 5) is 2.35. The van der Waals surface area contributed by atoms with E-state index in [0.29, 0.717) is 0 Å². The summed E-state index contributed by atoms with van der Waals surface area (Å²) >= 11 is 0. The summed E-state index contributed by atoms with van der Waals surface area (Å²) in [5.41, 5.74) is -0.354. The highest BCUT2D eigenvalue weighted by Crippen LogP contribution is 2.27. The molecule has 0 bridgehead atoms. The minimum Gasteiger partial charge on any atom is -0.390 e. The van der Waals surface area contributed by atoms with Crippen molar-refractivity contribution in [1.82, 2.24) is 4.90 Å². The lowest BCUT2D eigenvalue weighted by molar-refractivity contribution is 0.0151. The predicted molar refractivity (Wildman–Crippen MR) is 83.5 cm³/mol. The smallest absolute Gasteiger partial charge is 0.0660 e. The lowest BCUT2D eigenvalue weighted by atomic mass is 9.88. The molecule has 2 heteroatoms. The first-order valence-corrected chi connectivity index (χ1v) is 8.57. The molecule has 1 aliphatic rings. The van der Waals surface area contributed by atoms with Crippen LogP contribution in [0.4, 0.5) is 0 Å². The molecule has 0 aliphatic carbocycles. The van der Waals surface area contributed by atoms with Gasteiger partial charge in [0, 0.05) is 6.54 Å². The second-order valence-corrected chi connectivity index (χ2v) is 6.61. The number of rotatable bonds is 9. The van der Waals surface area contributed by atoms with Crippen LogP contribution >= 0.6 is 0 Å². The second-order valence-electron chi connectivity index (χ2n) is 6.61. The quantitative estimate of drug-likeness (QED) is 0.629. The Morgan fingerprint density at radius 2 is 1.53 bits per heavy atom. The molecule has 1 aliphatic heterocycles. The van der Waals surface area contributed by atoms with Crippen molar-refractivity contribution in [2.75, 3.05) is 20.1 Å². The zero-order valence-corrected chi connectivity index (χ0v) is 13.3. The van der Waals surface area contributed by atoms with E-state index in [1.165, 1.54) is 51.4 Å². The van der Waals surface area contributed by atoms with Crippen molar-refractivity contribution in [1.29, 1.82) is 0 Å². The Hall–Kier alpha value is -0.0800. The first kappa shape index (κ1) is 17.0. The first-order chi connectivity index (χ1) is 9.16. The number of likely N-dealkylation sites (tertiary alicyclic amines) is 1. The summed E-state index contributed by atoms with van der Waals surface area (Å²) in [5.74, 6) is 0. The van der Waals surface area contributed by atoms with Gasteiger partial charge in [-0.2, -0.15) is 0 Å². The van der Waals surface area contributed by atoms with Gasteiger partial charge < -0.3 is 10.0 Å². The summed E-state index contributed by atoms with van der Waals surface area (Å²) < 4.78 is 0. The van der Waals surface area contributed by atoms with E-state index in [2.05, 4.69) is 18.9 Å². The summed E-state index contributed by atoms with van der Waals surface area (Å²) in [6.07, 6.45) is 15.0. The molecule has 1 saturated heterocycles. The molecule has 0 spiro atoms. The van der Waals surface area contributed by atoms with Crippen LogP contribution in [-0.2, 0) is 0 Å². The lowest BCUT2D eigenvalue weighted by Crippen LogP contribution is -2.30. The Labute approximate surface area is 120 Å². The third kappa shape index (κ3) is 7.94. The molecule has 1 atom stereocenters. The van der Waals surface area contributed by atoms with Crippen LogP contribution in [0.25, 0.3) is 0 Å². The fourth-order valence-corrected chi connectivity index (χ4v) is 3.15. The van der Waals surface area contributed by atoms with Gasteiger partial charge in [-0.15, -0.1) is 0 Å². The van der Waals surface area contributed by atoms with Crippen LogP contribution < -0.4 is 0 Å². The third-order valence-corrected chi connectivity index (χ3v) is 4.64. The van der Waals surface area contributed by atoms with Crippen LogP contribution in [0, 0.1) is 0 Å². The summed E-state index contributed by atoms with van der Waals surface area (Å²) in [6.45, 7) is 4.48. The lowest BCUT2D eigenvalue weighted by Gasteiger charge is -2.26. The van der Waals surface area contributed by atoms with Crippen LogP contribution in [0.5, 0.6) is 0 Å². The number of aliphatic hydroxyl groups is 1. The Balaban J connectivity index is 2.01. The molecule has 1 rings (SSSR count). The Morgan fingerprint density at radius 1 is 0.895 bits per heavy atom. The number of hydrogen-bond acceptors (Lipinski definition) is 2. The van der Waals surface area contributed by atoms with Gasteiger partial charge in [-0.1, -0.05) is 58.3 Å². The molecule has 0 saturated carbocycles. The average Bonchev–Trinajstić information content (AvgIpc) is 2.56. The molecular weight excluding hydrogens is 234 g/mol. The molecule has 0 radical (unpaired) electrons. The van der Waals surface area contributed by atoms with E-state index in [1.54, 1.807) is 0 Å². The molecule has 0 aromatic heterocycles. The molecule has 1 fully saturated rings. The Morgan fingerprint density at radius 3 is 2.21 bits per heavy atom. The van der Waals surface area contributed by atoms with Crippen LogP contribution in [0.1, 0.15) is 84.0 Å². The fourth-order valence-electron chi connectivity index (χ4n) is 3.15. The van der Waals surface area contributed by atoms with Crippen LogP contribution in [0.2, 0.25) is 0 Å². The minimum atomic E-state index is -0.354. The Bertz CT molecular complexity index is 219. The van der Waals surface area contributed by atoms with Crippen molar-refractivity contribution in [3.63, 3.8) is 0 Å². The van der Waals surface area contributed by atoms with Crippen LogP contribution in [0.15, 0.2) is 0 Å². The first-order valence-electron chi connectivity index (χ1n) is 8.57. The zero-order valence-electron chi connectivity index (χ0n) is 13.3. The summed E-state index contributed by atoms with van der Waals surface area (Å²) in [5, 5.41) is 10.6. The van der Waals surface area contributed by atoms with Gasteiger partial charge in [0.05, 0.1) is 5.60 Å². The van der Waals surface area contributed by atoms with Crippen molar-refractivity contribution in [2.24, 2.45) is 0 Å². The zero-order chi connectivity index (χ0) is 14.0. The SMILES string of the molecule is CCCCCCCCCCC1(O)CCCN(C)CC1. The van der Waals surface area contributed by atoms with Gasteiger partial charge >= 0.3 is 0 Å². The third-order valence-electron chi connectivity index (χ3n) is 4.64. The molecule has 114 valence electrons. The molecule has 0 aromatic carbocycles. The number of hydrogen-bond donors (Lipinski definition) is 1. The topological polar surface area (TPSA) is 23.5 Å². The van der Waals surface area contributed by atoms with E-state index in [9.17, 15) is 5.11 Å². The highest BCUT2D eigenvalue weighted by molar-refractivity contribution is 4.82. The molecule has 0 aromatic rings. The highest BCUT2D eigenvalue weighted by Gasteiger charge is 2.28. The maximum Gasteiger partial charge on any atom is 0.0660 e. The monoisotopic (exact) mass is 269 g/mol. The molecule has 19 heavy (non-hydrogen) atoms. The fraction of sp³-hybridized carbons (Fsp3) is 1.00. The number of nitrogens with zero attached hydrogens (tertiary/aromatic N) is 1. The molecular formula is C17H35NO. The Kier molecular flexibility index (Phi) is 8.72. The van der Waals surface area contributed by atoms with Gasteiger partial charge in [0.15, 0.2) is 0 Å². The van der Waals surface area contributed by atoms with Gasteiger partial charge in [0.25, 0.3) is 0 Å². The van der Waals surface area contributed by atoms with Crippen molar-refractivity contribution >= 4 is 0 Å². The summed E-state index contributed by atoms with van der Waals surface area (Å²) in [6, 6.07) is 0. The molecule has 1 heterocycles. The van der Waals surface area contributed by atoms with Gasteiger partial charge in [-0.05, 0) is 39.3 Å². The van der Waals surface area contributed by atoms with Gasteiger partial charge in [-0.25, -0.2) is 0 Å². The van der Waals surface area contributed by atoms with Gasteiger partial charge in [0.2, 0.25) is 0 Å². The van der Waals surface area contributed by atoms with E-state index in [-0.39, 0.29) is 5.60 Å². The average molecular weight is 269 g/mol. The second kappa shape index (κ2) is 9.77. The molecule has 1 unspecified atom stereocenters. The van der Waals surface area contributed by atoms with E-state index < -0.39 is 0 Å². The van der Waals surface area contributed by atoms with Crippen molar-refractivity contribution in [2.45, 2.75) is 89.6 Å². The summed E-state index contributed by atoms with van der Waals surface area (Å²) in [7, 11) is 2.17. The van der Waals surface area contributed by atoms with Crippen molar-refractivity contribution < 1.29 is 5.11 Å². The van der Waals surface area contributed by atoms with Crippen LogP contribution in [0.3, 0.4) is 0 Å². The van der Waals surface area contributed by atoms with E-state index >= 15 is 0 Å². The molecule has 2 nitrogen and oxygen atoms in total. The predicted octanol–water partition coefficient (Wildman–Crippen LogP) is 4.36. The standard InChI is InChI=1S/C17H35NO/c1-3-4-5-6-7-8-9-10-12-17(19)13-11-15-18(2)16-14-17/h19H,3-16H2,1-2H3. The minimum absolute atomic E-state index is 0.354. The van der Waals surface area contributed by atoms with Crippen molar-refractivity contribution in [3.8, 4) is 0 Å². The number of unbranched alkanes of at least 4 members (excludes halogenated alkanes) is 7. The van der Waals surface area contributed by atoms with Crippen LogP contribution in [-0.4, -0.2) is 35.7 Å². The van der Waals surface area contributed by atoms with E-state index in [4.69, 9.17) is 0 Å². The molecule has 0 amide bonds. The largest absolute Gasteiger partial charge is 0.390 e. The van der Waals surface area contributed by atoms with Gasteiger partial charge in [-0.3, -0.25) is 0 Å². The molecule has 1 N–H and O–H groups in total. The highest BCUT2D eigenvalue weighted by atomic mass is 16.3. The van der Waals surface area contributed by atoms with Gasteiger partial charge in [0.1, 0.15) is 0 Å². The maximum atomic E-state index is 10.6. The van der Waals surface area contributed by atoms with E-state index in [1.807, 2.05) is 0 Å². The normalized spacial score (nSPS) is 25.4.